The van der Waals surface area contributed by atoms with Gasteiger partial charge in [-0.15, -0.1) is 0 Å². The standard InChI is InChI=1S/C24H54O4S4Si2/c1-5-9-15-25-23(26-16-10-6-2)33-21-13-19-29-31-32-30-20-14-22-34-24(27-17-11-7-3)28-18-12-8-4/h23-24H,5-22,33-34H2,1-4H3. The van der Waals surface area contributed by atoms with Crippen LogP contribution in [0.5, 0.6) is 0 Å². The topological polar surface area (TPSA) is 36.9 Å². The Labute approximate surface area is 231 Å². The van der Waals surface area contributed by atoms with Crippen molar-refractivity contribution < 1.29 is 18.9 Å². The van der Waals surface area contributed by atoms with E-state index in [1.807, 2.05) is 41.2 Å². The van der Waals surface area contributed by atoms with E-state index in [1.165, 1.54) is 62.1 Å². The molecule has 0 aromatic carbocycles. The van der Waals surface area contributed by atoms with Gasteiger partial charge in [0, 0.05) is 37.9 Å². The lowest BCUT2D eigenvalue weighted by molar-refractivity contribution is -0.0922. The second-order valence-electron chi connectivity index (χ2n) is 8.53. The summed E-state index contributed by atoms with van der Waals surface area (Å²) in [5, 5.41) is 0. The molecule has 0 aromatic rings. The maximum atomic E-state index is 5.99. The number of hydrogen-bond acceptors (Lipinski definition) is 8. The highest BCUT2D eigenvalue weighted by Crippen LogP contribution is 2.43. The van der Waals surface area contributed by atoms with Gasteiger partial charge in [-0.1, -0.05) is 87.1 Å². The summed E-state index contributed by atoms with van der Waals surface area (Å²) in [6.45, 7) is 12.3. The molecule has 0 saturated carbocycles. The predicted molar refractivity (Wildman–Crippen MR) is 167 cm³/mol. The normalized spacial score (nSPS) is 12.5. The quantitative estimate of drug-likeness (QED) is 0.0385. The van der Waals surface area contributed by atoms with Gasteiger partial charge < -0.3 is 18.9 Å². The van der Waals surface area contributed by atoms with Crippen LogP contribution in [0.15, 0.2) is 0 Å². The molecular formula is C24H54O4S4Si2. The first-order chi connectivity index (χ1) is 16.8. The van der Waals surface area contributed by atoms with Crippen LogP contribution >= 0.6 is 41.2 Å². The van der Waals surface area contributed by atoms with E-state index in [0.29, 0.717) is 0 Å². The van der Waals surface area contributed by atoms with E-state index in [0.717, 1.165) is 52.1 Å². The molecule has 0 heterocycles. The first kappa shape index (κ1) is 35.7. The van der Waals surface area contributed by atoms with Gasteiger partial charge in [-0.05, 0) is 58.2 Å². The third-order valence-electron chi connectivity index (χ3n) is 5.17. The zero-order valence-electron chi connectivity index (χ0n) is 22.6. The summed E-state index contributed by atoms with van der Waals surface area (Å²) in [4.78, 5) is 0. The van der Waals surface area contributed by atoms with Crippen LogP contribution in [-0.2, 0) is 18.9 Å². The molecule has 4 nitrogen and oxygen atoms in total. The van der Waals surface area contributed by atoms with Crippen LogP contribution in [0.3, 0.4) is 0 Å². The van der Waals surface area contributed by atoms with Gasteiger partial charge in [0.25, 0.3) is 0 Å². The monoisotopic (exact) mass is 590 g/mol. The summed E-state index contributed by atoms with van der Waals surface area (Å²) in [5.41, 5.74) is 0. The summed E-state index contributed by atoms with van der Waals surface area (Å²) >= 11 is 0. The Balaban J connectivity index is 3.63. The van der Waals surface area contributed by atoms with Crippen molar-refractivity contribution in [2.45, 2.75) is 116 Å². The molecule has 0 radical (unpaired) electrons. The lowest BCUT2D eigenvalue weighted by Crippen LogP contribution is -2.25. The molecule has 34 heavy (non-hydrogen) atoms. The molecule has 0 atom stereocenters. The van der Waals surface area contributed by atoms with Crippen molar-refractivity contribution >= 4 is 60.3 Å². The van der Waals surface area contributed by atoms with E-state index in [9.17, 15) is 0 Å². The van der Waals surface area contributed by atoms with Crippen molar-refractivity contribution in [1.82, 2.24) is 0 Å². The van der Waals surface area contributed by atoms with Gasteiger partial charge in [0.1, 0.15) is 11.8 Å². The molecule has 0 rings (SSSR count). The van der Waals surface area contributed by atoms with E-state index >= 15 is 0 Å². The minimum Gasteiger partial charge on any atom is -0.357 e. The third-order valence-corrected chi connectivity index (χ3v) is 15.5. The average molecular weight is 591 g/mol. The molecule has 0 fully saturated rings. The molecule has 0 unspecified atom stereocenters. The molecule has 0 aliphatic heterocycles. The van der Waals surface area contributed by atoms with Gasteiger partial charge in [-0.2, -0.15) is 0 Å². The largest absolute Gasteiger partial charge is 0.357 e. The van der Waals surface area contributed by atoms with Crippen LogP contribution in [0.25, 0.3) is 0 Å². The molecule has 0 aliphatic rings. The average Bonchev–Trinajstić information content (AvgIpc) is 2.84. The highest BCUT2D eigenvalue weighted by atomic mass is 33.7. The molecular weight excluding hydrogens is 537 g/mol. The Morgan fingerprint density at radius 3 is 1.12 bits per heavy atom. The molecule has 0 spiro atoms. The second kappa shape index (κ2) is 30.9. The Bertz CT molecular complexity index is 337. The predicted octanol–water partition coefficient (Wildman–Crippen LogP) is 7.45. The van der Waals surface area contributed by atoms with Gasteiger partial charge in [0.2, 0.25) is 0 Å². The van der Waals surface area contributed by atoms with Gasteiger partial charge in [-0.25, -0.2) is 0 Å². The smallest absolute Gasteiger partial charge is 0.134 e. The zero-order valence-corrected chi connectivity index (χ0v) is 28.7. The summed E-state index contributed by atoms with van der Waals surface area (Å²) in [7, 11) is 7.31. The second-order valence-corrected chi connectivity index (χ2v) is 18.7. The highest BCUT2D eigenvalue weighted by molar-refractivity contribution is 9.26. The van der Waals surface area contributed by atoms with E-state index in [2.05, 4.69) is 27.7 Å². The maximum Gasteiger partial charge on any atom is 0.134 e. The molecule has 10 heteroatoms. The van der Waals surface area contributed by atoms with Crippen LogP contribution in [0.2, 0.25) is 12.1 Å². The van der Waals surface area contributed by atoms with E-state index in [-0.39, 0.29) is 30.9 Å². The molecule has 206 valence electrons. The fourth-order valence-corrected chi connectivity index (χ4v) is 13.0. The molecule has 0 aromatic heterocycles. The molecule has 0 amide bonds. The van der Waals surface area contributed by atoms with Crippen molar-refractivity contribution in [2.24, 2.45) is 0 Å². The number of hydrogen-bond donors (Lipinski definition) is 0. The van der Waals surface area contributed by atoms with E-state index < -0.39 is 0 Å². The molecule has 0 saturated heterocycles. The SMILES string of the molecule is CCCCOC(OCCCC)[SiH2]CCCSSSSCCC[SiH2]C(OCCCC)OCCCC. The fourth-order valence-electron chi connectivity index (χ4n) is 2.92. The summed E-state index contributed by atoms with van der Waals surface area (Å²) < 4.78 is 24.0. The van der Waals surface area contributed by atoms with Crippen molar-refractivity contribution in [3.05, 3.63) is 0 Å². The van der Waals surface area contributed by atoms with Crippen molar-refractivity contribution in [2.75, 3.05) is 37.9 Å². The summed E-state index contributed by atoms with van der Waals surface area (Å²) in [6.07, 6.45) is 11.9. The van der Waals surface area contributed by atoms with Crippen LogP contribution in [-0.4, -0.2) is 68.8 Å². The number of unbranched alkanes of at least 4 members (excludes halogenated alkanes) is 4. The van der Waals surface area contributed by atoms with Crippen molar-refractivity contribution in [3.8, 4) is 0 Å². The number of ether oxygens (including phenoxy) is 4. The maximum absolute atomic E-state index is 5.99. The van der Waals surface area contributed by atoms with Crippen molar-refractivity contribution in [3.63, 3.8) is 0 Å². The minimum atomic E-state index is -0.301. The Morgan fingerprint density at radius 2 is 0.824 bits per heavy atom. The fraction of sp³-hybridized carbons (Fsp3) is 1.00. The third kappa shape index (κ3) is 26.7. The summed E-state index contributed by atoms with van der Waals surface area (Å²) in [6, 6.07) is 2.64. The Morgan fingerprint density at radius 1 is 0.500 bits per heavy atom. The van der Waals surface area contributed by atoms with E-state index in [4.69, 9.17) is 18.9 Å². The van der Waals surface area contributed by atoms with E-state index in [1.54, 1.807) is 0 Å². The lowest BCUT2D eigenvalue weighted by atomic mass is 10.4. The first-order valence-corrected chi connectivity index (χ1v) is 22.6. The molecule has 0 aliphatic carbocycles. The summed E-state index contributed by atoms with van der Waals surface area (Å²) in [5.74, 6) is 2.75. The van der Waals surface area contributed by atoms with Gasteiger partial charge in [0.15, 0.2) is 0 Å². The van der Waals surface area contributed by atoms with Crippen LogP contribution in [0.1, 0.15) is 91.9 Å². The Kier molecular flexibility index (Phi) is 32.4. The van der Waals surface area contributed by atoms with Crippen molar-refractivity contribution in [1.29, 1.82) is 0 Å². The highest BCUT2D eigenvalue weighted by Gasteiger charge is 2.11. The van der Waals surface area contributed by atoms with Gasteiger partial charge in [0.05, 0.1) is 19.0 Å². The van der Waals surface area contributed by atoms with Gasteiger partial charge >= 0.3 is 0 Å². The number of rotatable bonds is 29. The molecule has 0 N–H and O–H groups in total. The zero-order chi connectivity index (χ0) is 25.0. The first-order valence-electron chi connectivity index (χ1n) is 13.8. The van der Waals surface area contributed by atoms with Gasteiger partial charge in [-0.3, -0.25) is 0 Å². The van der Waals surface area contributed by atoms with Crippen LogP contribution in [0, 0.1) is 0 Å². The van der Waals surface area contributed by atoms with Crippen LogP contribution < -0.4 is 0 Å². The molecule has 0 bridgehead atoms. The minimum absolute atomic E-state index is 0.137. The van der Waals surface area contributed by atoms with Crippen LogP contribution in [0.4, 0.5) is 0 Å². The Hall–Kier alpha value is 1.67. The lowest BCUT2D eigenvalue weighted by Gasteiger charge is -2.18.